The highest BCUT2D eigenvalue weighted by molar-refractivity contribution is 5.73. The maximum absolute atomic E-state index is 10.7. The van der Waals surface area contributed by atoms with Crippen LogP contribution >= 0.6 is 0 Å². The first-order chi connectivity index (χ1) is 20.8. The zero-order chi connectivity index (χ0) is 30.4. The van der Waals surface area contributed by atoms with E-state index in [1.165, 1.54) is 0 Å². The van der Waals surface area contributed by atoms with Crippen LogP contribution in [-0.4, -0.2) is 5.91 Å². The zero-order valence-corrected chi connectivity index (χ0v) is 27.0. The molecular weight excluding hydrogens is 510 g/mol. The molecule has 0 aliphatic rings. The zero-order valence-electron chi connectivity index (χ0n) is 27.0. The molecule has 0 heterocycles. The summed E-state index contributed by atoms with van der Waals surface area (Å²) in [4.78, 5) is 10.7. The fourth-order valence-electron chi connectivity index (χ4n) is 4.15. The van der Waals surface area contributed by atoms with Crippen LogP contribution in [0.15, 0.2) is 109 Å². The summed E-state index contributed by atoms with van der Waals surface area (Å²) < 4.78 is 0. The Bertz CT molecular complexity index is 847. The van der Waals surface area contributed by atoms with Gasteiger partial charge in [-0.1, -0.05) is 109 Å². The third-order valence-corrected chi connectivity index (χ3v) is 6.61. The van der Waals surface area contributed by atoms with E-state index in [1.54, 1.807) is 0 Å². The summed E-state index contributed by atoms with van der Waals surface area (Å²) in [5.74, 6) is -0.194. The van der Waals surface area contributed by atoms with E-state index >= 15 is 0 Å². The minimum atomic E-state index is -0.194. The van der Waals surface area contributed by atoms with Gasteiger partial charge in [-0.2, -0.15) is 0 Å². The number of hydrogen-bond acceptors (Lipinski definition) is 1. The van der Waals surface area contributed by atoms with Gasteiger partial charge in [-0.25, -0.2) is 0 Å². The van der Waals surface area contributed by atoms with Gasteiger partial charge in [-0.3, -0.25) is 4.79 Å². The van der Waals surface area contributed by atoms with Crippen molar-refractivity contribution in [1.82, 2.24) is 0 Å². The normalized spacial score (nSPS) is 13.2. The molecule has 0 spiro atoms. The number of carbonyl (C=O) groups is 1. The maximum Gasteiger partial charge on any atom is 0.217 e. The summed E-state index contributed by atoms with van der Waals surface area (Å²) in [6.07, 6.45) is 63.0. The first kappa shape index (κ1) is 39.1. The summed E-state index contributed by atoms with van der Waals surface area (Å²) in [6, 6.07) is 0. The Morgan fingerprint density at radius 1 is 0.357 bits per heavy atom. The van der Waals surface area contributed by atoms with Crippen LogP contribution in [0.3, 0.4) is 0 Å². The van der Waals surface area contributed by atoms with Crippen LogP contribution in [0.5, 0.6) is 0 Å². The molecule has 0 radical (unpaired) electrons. The molecule has 0 aliphatic heterocycles. The van der Waals surface area contributed by atoms with Gasteiger partial charge in [-0.05, 0) is 129 Å². The van der Waals surface area contributed by atoms with E-state index in [0.29, 0.717) is 6.42 Å². The second-order valence-corrected chi connectivity index (χ2v) is 10.7. The number of carbonyl (C=O) groups excluding carboxylic acids is 1. The summed E-state index contributed by atoms with van der Waals surface area (Å²) in [5.41, 5.74) is 5.14. The van der Waals surface area contributed by atoms with Crippen molar-refractivity contribution in [2.75, 3.05) is 0 Å². The monoisotopic (exact) mass is 573 g/mol. The average Bonchev–Trinajstić information content (AvgIpc) is 2.98. The van der Waals surface area contributed by atoms with Crippen molar-refractivity contribution < 1.29 is 4.79 Å². The van der Waals surface area contributed by atoms with Gasteiger partial charge in [0.1, 0.15) is 0 Å². The van der Waals surface area contributed by atoms with Gasteiger partial charge in [0.05, 0.1) is 0 Å². The Labute approximate surface area is 260 Å². The number of amides is 1. The molecule has 234 valence electrons. The lowest BCUT2D eigenvalue weighted by atomic mass is 10.1. The fraction of sp³-hybridized carbons (Fsp3) is 0.525. The summed E-state index contributed by atoms with van der Waals surface area (Å²) >= 11 is 0. The molecule has 0 aromatic rings. The van der Waals surface area contributed by atoms with Crippen LogP contribution in [0.1, 0.15) is 135 Å². The van der Waals surface area contributed by atoms with Crippen molar-refractivity contribution >= 4 is 5.91 Å². The van der Waals surface area contributed by atoms with Gasteiger partial charge in [0.15, 0.2) is 0 Å². The number of hydrogen-bond donors (Lipinski definition) is 1. The van der Waals surface area contributed by atoms with E-state index in [1.807, 2.05) is 0 Å². The Kier molecular flexibility index (Phi) is 33.7. The van der Waals surface area contributed by atoms with Crippen molar-refractivity contribution in [3.63, 3.8) is 0 Å². The van der Waals surface area contributed by atoms with Crippen molar-refractivity contribution in [1.29, 1.82) is 0 Å². The summed E-state index contributed by atoms with van der Waals surface area (Å²) in [6.45, 7) is 2.08. The predicted octanol–water partition coefficient (Wildman–Crippen LogP) is 12.3. The molecule has 2 heteroatoms. The molecule has 2 nitrogen and oxygen atoms in total. The number of primary amides is 1. The standard InChI is InChI=1S/C40H63NO/c1-2-3-4-5-6-7-8-9-10-11-12-13-14-15-16-17-18-19-20-21-22-23-24-25-26-27-28-29-30-31-32-33-34-35-36-37-38-39-40(41)42/h2-3,6-7,10-11,14-15,18-19,22-23,26-27,30-31,34-35H,4-5,8-9,12-13,16-17,20-21,24-25,28-29,32-33,36-39H2,1H3,(H2,41,42). The van der Waals surface area contributed by atoms with E-state index < -0.39 is 0 Å². The van der Waals surface area contributed by atoms with Gasteiger partial charge < -0.3 is 5.73 Å². The number of allylic oxidation sites excluding steroid dienone is 18. The van der Waals surface area contributed by atoms with E-state index in [-0.39, 0.29) is 5.91 Å². The van der Waals surface area contributed by atoms with Gasteiger partial charge in [-0.15, -0.1) is 0 Å². The number of nitrogens with two attached hydrogens (primary N) is 1. The number of unbranched alkanes of at least 4 members (excludes halogenated alkanes) is 10. The van der Waals surface area contributed by atoms with E-state index in [2.05, 4.69) is 116 Å². The Hall–Kier alpha value is -2.87. The fourth-order valence-corrected chi connectivity index (χ4v) is 4.15. The number of rotatable bonds is 29. The van der Waals surface area contributed by atoms with Gasteiger partial charge >= 0.3 is 0 Å². The van der Waals surface area contributed by atoms with E-state index in [0.717, 1.165) is 122 Å². The van der Waals surface area contributed by atoms with E-state index in [4.69, 9.17) is 5.73 Å². The first-order valence-corrected chi connectivity index (χ1v) is 16.9. The minimum Gasteiger partial charge on any atom is -0.370 e. The molecule has 0 saturated carbocycles. The Balaban J connectivity index is 3.45. The van der Waals surface area contributed by atoms with Gasteiger partial charge in [0, 0.05) is 6.42 Å². The molecule has 0 unspecified atom stereocenters. The molecule has 0 aromatic heterocycles. The minimum absolute atomic E-state index is 0.194. The van der Waals surface area contributed by atoms with Crippen LogP contribution in [0.2, 0.25) is 0 Å². The first-order valence-electron chi connectivity index (χ1n) is 16.9. The van der Waals surface area contributed by atoms with E-state index in [9.17, 15) is 4.79 Å². The second-order valence-electron chi connectivity index (χ2n) is 10.7. The van der Waals surface area contributed by atoms with Crippen molar-refractivity contribution in [3.8, 4) is 0 Å². The highest BCUT2D eigenvalue weighted by Crippen LogP contribution is 2.05. The average molecular weight is 574 g/mol. The molecule has 0 saturated heterocycles. The SMILES string of the molecule is CC=CCCC=CCCC=CCCC=CCCC=CCCC=CCCC=CCCC=CCCC=CCCCCC(N)=O. The van der Waals surface area contributed by atoms with Crippen LogP contribution in [-0.2, 0) is 4.79 Å². The molecule has 0 atom stereocenters. The summed E-state index contributed by atoms with van der Waals surface area (Å²) in [5, 5.41) is 0. The van der Waals surface area contributed by atoms with Crippen LogP contribution < -0.4 is 5.73 Å². The van der Waals surface area contributed by atoms with Crippen molar-refractivity contribution in [2.24, 2.45) is 5.73 Å². The highest BCUT2D eigenvalue weighted by Gasteiger charge is 1.92. The molecule has 42 heavy (non-hydrogen) atoms. The lowest BCUT2D eigenvalue weighted by molar-refractivity contribution is -0.118. The molecule has 0 rings (SSSR count). The summed E-state index contributed by atoms with van der Waals surface area (Å²) in [7, 11) is 0. The van der Waals surface area contributed by atoms with Crippen molar-refractivity contribution in [3.05, 3.63) is 109 Å². The third kappa shape index (κ3) is 37.1. The van der Waals surface area contributed by atoms with Crippen LogP contribution in [0, 0.1) is 0 Å². The predicted molar refractivity (Wildman–Crippen MR) is 189 cm³/mol. The second kappa shape index (κ2) is 36.2. The smallest absolute Gasteiger partial charge is 0.217 e. The molecule has 2 N–H and O–H groups in total. The maximum atomic E-state index is 10.7. The molecular formula is C40H63NO. The molecule has 0 fully saturated rings. The molecule has 0 aromatic carbocycles. The Morgan fingerprint density at radius 3 is 0.786 bits per heavy atom. The van der Waals surface area contributed by atoms with Crippen molar-refractivity contribution in [2.45, 2.75) is 135 Å². The van der Waals surface area contributed by atoms with Crippen LogP contribution in [0.4, 0.5) is 0 Å². The highest BCUT2D eigenvalue weighted by atomic mass is 16.1. The topological polar surface area (TPSA) is 43.1 Å². The third-order valence-electron chi connectivity index (χ3n) is 6.61. The quantitative estimate of drug-likeness (QED) is 0.0702. The van der Waals surface area contributed by atoms with Crippen LogP contribution in [0.25, 0.3) is 0 Å². The molecule has 1 amide bonds. The van der Waals surface area contributed by atoms with Gasteiger partial charge in [0.25, 0.3) is 0 Å². The lowest BCUT2D eigenvalue weighted by Gasteiger charge is -1.94. The molecule has 0 bridgehead atoms. The largest absolute Gasteiger partial charge is 0.370 e. The molecule has 0 aliphatic carbocycles. The Morgan fingerprint density at radius 2 is 0.571 bits per heavy atom. The lowest BCUT2D eigenvalue weighted by Crippen LogP contribution is -2.09. The van der Waals surface area contributed by atoms with Gasteiger partial charge in [0.2, 0.25) is 5.91 Å².